The Balaban J connectivity index is 1.50. The number of aryl methyl sites for hydroxylation is 1. The average molecular weight is 336 g/mol. The summed E-state index contributed by atoms with van der Waals surface area (Å²) in [5.74, 6) is 0.615. The van der Waals surface area contributed by atoms with Crippen LogP contribution >= 0.6 is 0 Å². The zero-order chi connectivity index (χ0) is 17.2. The molecule has 1 unspecified atom stereocenters. The number of pyridine rings is 1. The zero-order valence-corrected chi connectivity index (χ0v) is 14.6. The summed E-state index contributed by atoms with van der Waals surface area (Å²) >= 11 is 0. The molecule has 1 saturated heterocycles. The zero-order valence-electron chi connectivity index (χ0n) is 14.6. The van der Waals surface area contributed by atoms with Crippen molar-refractivity contribution in [2.24, 2.45) is 5.92 Å². The first-order chi connectivity index (χ1) is 12.2. The van der Waals surface area contributed by atoms with E-state index in [9.17, 15) is 4.79 Å². The Morgan fingerprint density at radius 3 is 3.12 bits per heavy atom. The highest BCUT2D eigenvalue weighted by atomic mass is 16.1. The molecule has 1 N–H and O–H groups in total. The predicted molar refractivity (Wildman–Crippen MR) is 99.5 cm³/mol. The topological polar surface area (TPSA) is 53.9 Å². The first-order valence-electron chi connectivity index (χ1n) is 8.98. The van der Waals surface area contributed by atoms with Crippen molar-refractivity contribution in [1.82, 2.24) is 19.4 Å². The van der Waals surface area contributed by atoms with Crippen LogP contribution in [0.2, 0.25) is 0 Å². The van der Waals surface area contributed by atoms with E-state index in [1.54, 1.807) is 0 Å². The summed E-state index contributed by atoms with van der Waals surface area (Å²) in [4.78, 5) is 22.1. The lowest BCUT2D eigenvalue weighted by molar-refractivity contribution is 0.155. The maximum atomic E-state index is 12.5. The second-order valence-corrected chi connectivity index (χ2v) is 7.17. The number of nitrogens with one attached hydrogen (secondary N) is 1. The van der Waals surface area contributed by atoms with Crippen LogP contribution in [0.4, 0.5) is 0 Å². The van der Waals surface area contributed by atoms with Gasteiger partial charge in [-0.05, 0) is 49.2 Å². The third-order valence-corrected chi connectivity index (χ3v) is 5.19. The van der Waals surface area contributed by atoms with Gasteiger partial charge in [-0.2, -0.15) is 0 Å². The number of nitrogens with zero attached hydrogens (tertiary/aromatic N) is 3. The molecule has 0 radical (unpaired) electrons. The second kappa shape index (κ2) is 6.84. The van der Waals surface area contributed by atoms with Crippen molar-refractivity contribution in [1.29, 1.82) is 0 Å². The number of imidazole rings is 1. The summed E-state index contributed by atoms with van der Waals surface area (Å²) in [5, 5.41) is 1.11. The van der Waals surface area contributed by atoms with Crippen LogP contribution in [0.3, 0.4) is 0 Å². The lowest BCUT2D eigenvalue weighted by Crippen LogP contribution is -2.37. The molecule has 1 aliphatic rings. The van der Waals surface area contributed by atoms with Crippen molar-refractivity contribution in [2.45, 2.75) is 32.9 Å². The van der Waals surface area contributed by atoms with Gasteiger partial charge in [0.15, 0.2) is 0 Å². The maximum absolute atomic E-state index is 12.5. The van der Waals surface area contributed by atoms with Crippen LogP contribution in [0.15, 0.2) is 47.8 Å². The fourth-order valence-electron chi connectivity index (χ4n) is 3.92. The highest BCUT2D eigenvalue weighted by Crippen LogP contribution is 2.21. The van der Waals surface area contributed by atoms with Crippen molar-refractivity contribution >= 4 is 10.9 Å². The van der Waals surface area contributed by atoms with E-state index in [0.29, 0.717) is 5.92 Å². The smallest absolute Gasteiger partial charge is 0.252 e. The number of benzene rings is 1. The van der Waals surface area contributed by atoms with Crippen LogP contribution in [0.1, 0.15) is 24.0 Å². The number of fused-ring (bicyclic) bond motifs is 1. The minimum Gasteiger partial charge on any atom is -0.337 e. The van der Waals surface area contributed by atoms with Crippen LogP contribution in [-0.2, 0) is 13.1 Å². The van der Waals surface area contributed by atoms with Gasteiger partial charge in [0.2, 0.25) is 0 Å². The molecule has 5 nitrogen and oxygen atoms in total. The number of hydrogen-bond donors (Lipinski definition) is 1. The molecule has 130 valence electrons. The molecule has 0 spiro atoms. The third kappa shape index (κ3) is 3.51. The van der Waals surface area contributed by atoms with Crippen molar-refractivity contribution in [3.05, 3.63) is 64.5 Å². The number of rotatable bonds is 4. The fourth-order valence-corrected chi connectivity index (χ4v) is 3.92. The van der Waals surface area contributed by atoms with E-state index in [4.69, 9.17) is 0 Å². The number of aromatic amines is 1. The molecule has 5 heteroatoms. The number of para-hydroxylation sites is 1. The predicted octanol–water partition coefficient (Wildman–Crippen LogP) is 2.95. The van der Waals surface area contributed by atoms with Crippen molar-refractivity contribution in [3.8, 4) is 0 Å². The average Bonchev–Trinajstić information content (AvgIpc) is 3.10. The monoisotopic (exact) mass is 336 g/mol. The van der Waals surface area contributed by atoms with Crippen molar-refractivity contribution in [3.63, 3.8) is 0 Å². The van der Waals surface area contributed by atoms with Gasteiger partial charge in [-0.1, -0.05) is 18.2 Å². The van der Waals surface area contributed by atoms with E-state index in [1.165, 1.54) is 12.8 Å². The Labute approximate surface area is 147 Å². The number of likely N-dealkylation sites (tertiary alicyclic amines) is 1. The molecule has 0 aliphatic carbocycles. The largest absolute Gasteiger partial charge is 0.337 e. The second-order valence-electron chi connectivity index (χ2n) is 7.17. The van der Waals surface area contributed by atoms with Crippen molar-refractivity contribution in [2.75, 3.05) is 13.1 Å². The first-order valence-corrected chi connectivity index (χ1v) is 8.98. The Morgan fingerprint density at radius 2 is 2.28 bits per heavy atom. The summed E-state index contributed by atoms with van der Waals surface area (Å²) in [6.45, 7) is 5.85. The molecule has 1 fully saturated rings. The van der Waals surface area contributed by atoms with Gasteiger partial charge in [0, 0.05) is 37.6 Å². The van der Waals surface area contributed by atoms with Gasteiger partial charge in [-0.25, -0.2) is 4.98 Å². The molecule has 0 bridgehead atoms. The maximum Gasteiger partial charge on any atom is 0.252 e. The molecular formula is C20H24N4O. The van der Waals surface area contributed by atoms with Gasteiger partial charge in [0.25, 0.3) is 5.56 Å². The molecule has 3 heterocycles. The summed E-state index contributed by atoms with van der Waals surface area (Å²) in [6.07, 6.45) is 8.16. The fraction of sp³-hybridized carbons (Fsp3) is 0.400. The van der Waals surface area contributed by atoms with Crippen molar-refractivity contribution < 1.29 is 0 Å². The quantitative estimate of drug-likeness (QED) is 0.797. The number of piperidine rings is 1. The summed E-state index contributed by atoms with van der Waals surface area (Å²) < 4.78 is 2.15. The van der Waals surface area contributed by atoms with E-state index in [1.807, 2.05) is 37.8 Å². The van der Waals surface area contributed by atoms with Crippen LogP contribution in [0.5, 0.6) is 0 Å². The van der Waals surface area contributed by atoms with Gasteiger partial charge in [0.05, 0.1) is 11.8 Å². The molecule has 0 saturated carbocycles. The Bertz CT molecular complexity index is 913. The van der Waals surface area contributed by atoms with Gasteiger partial charge in [-0.3, -0.25) is 9.69 Å². The van der Waals surface area contributed by atoms with E-state index >= 15 is 0 Å². The summed E-state index contributed by atoms with van der Waals surface area (Å²) in [6, 6.07) is 8.20. The summed E-state index contributed by atoms with van der Waals surface area (Å²) in [7, 11) is 0. The molecule has 3 aromatic rings. The molecule has 1 aliphatic heterocycles. The highest BCUT2D eigenvalue weighted by Gasteiger charge is 2.21. The van der Waals surface area contributed by atoms with Crippen LogP contribution < -0.4 is 5.56 Å². The molecule has 2 aromatic heterocycles. The SMILES string of the molecule is Cc1cccc2cc(CN3CCCC(Cn4ccnc4)C3)c(=O)[nH]c12. The highest BCUT2D eigenvalue weighted by molar-refractivity contribution is 5.81. The van der Waals surface area contributed by atoms with Crippen LogP contribution in [-0.4, -0.2) is 32.5 Å². The number of H-pyrrole nitrogens is 1. The molecule has 0 amide bonds. The van der Waals surface area contributed by atoms with E-state index in [-0.39, 0.29) is 5.56 Å². The molecule has 1 aromatic carbocycles. The Hall–Kier alpha value is -2.40. The lowest BCUT2D eigenvalue weighted by Gasteiger charge is -2.32. The van der Waals surface area contributed by atoms with Gasteiger partial charge in [-0.15, -0.1) is 0 Å². The molecule has 1 atom stereocenters. The lowest BCUT2D eigenvalue weighted by atomic mass is 9.97. The first kappa shape index (κ1) is 16.1. The molecule has 4 rings (SSSR count). The standard InChI is InChI=1S/C20H24N4O/c1-15-4-2-6-17-10-18(20(25)22-19(15)17)13-23-8-3-5-16(11-23)12-24-9-7-21-14-24/h2,4,6-7,9-10,14,16H,3,5,8,11-13H2,1H3,(H,22,25). The van der Waals surface area contributed by atoms with Gasteiger partial charge in [0.1, 0.15) is 0 Å². The van der Waals surface area contributed by atoms with E-state index < -0.39 is 0 Å². The minimum atomic E-state index is 0.0403. The minimum absolute atomic E-state index is 0.0403. The van der Waals surface area contributed by atoms with Gasteiger partial charge >= 0.3 is 0 Å². The van der Waals surface area contributed by atoms with Crippen LogP contribution in [0, 0.1) is 12.8 Å². The van der Waals surface area contributed by atoms with E-state index in [2.05, 4.69) is 31.6 Å². The number of hydrogen-bond acceptors (Lipinski definition) is 3. The van der Waals surface area contributed by atoms with E-state index in [0.717, 1.165) is 48.2 Å². The van der Waals surface area contributed by atoms with Crippen LogP contribution in [0.25, 0.3) is 10.9 Å². The Morgan fingerprint density at radius 1 is 1.36 bits per heavy atom. The molecule has 25 heavy (non-hydrogen) atoms. The third-order valence-electron chi connectivity index (χ3n) is 5.19. The van der Waals surface area contributed by atoms with Gasteiger partial charge < -0.3 is 9.55 Å². The normalized spacial score (nSPS) is 18.7. The summed E-state index contributed by atoms with van der Waals surface area (Å²) in [5.41, 5.74) is 2.97. The number of aromatic nitrogens is 3. The molecular weight excluding hydrogens is 312 g/mol. The Kier molecular flexibility index (Phi) is 4.40.